The number of carbonyl (C=O) groups is 1. The maximum Gasteiger partial charge on any atom is 0.237 e. The van der Waals surface area contributed by atoms with Crippen molar-refractivity contribution in [3.8, 4) is 0 Å². The Balaban J connectivity index is 0.00000196. The van der Waals surface area contributed by atoms with Gasteiger partial charge in [0.1, 0.15) is 0 Å². The first kappa shape index (κ1) is 14.7. The Labute approximate surface area is 109 Å². The van der Waals surface area contributed by atoms with Crippen LogP contribution in [0.2, 0.25) is 0 Å². The minimum Gasteiger partial charge on any atom is -0.358 e. The summed E-state index contributed by atoms with van der Waals surface area (Å²) >= 11 is 2.24. The van der Waals surface area contributed by atoms with Crippen molar-refractivity contribution in [2.75, 3.05) is 7.05 Å². The quantitative estimate of drug-likeness (QED) is 0.816. The molecular formula is C10H14ClIN2O. The van der Waals surface area contributed by atoms with E-state index in [1.807, 2.05) is 24.3 Å². The minimum atomic E-state index is -0.458. The molecule has 1 atom stereocenters. The molecule has 1 aromatic rings. The third-order valence-corrected chi connectivity index (χ3v) is 2.67. The molecule has 0 bridgehead atoms. The molecule has 3 N–H and O–H groups in total. The molecule has 0 spiro atoms. The van der Waals surface area contributed by atoms with Gasteiger partial charge in [-0.2, -0.15) is 0 Å². The number of halogens is 2. The smallest absolute Gasteiger partial charge is 0.237 e. The van der Waals surface area contributed by atoms with Gasteiger partial charge in [-0.25, -0.2) is 0 Å². The molecule has 0 aliphatic rings. The Morgan fingerprint density at radius 2 is 2.00 bits per heavy atom. The first-order valence-corrected chi connectivity index (χ1v) is 5.43. The number of benzene rings is 1. The van der Waals surface area contributed by atoms with Gasteiger partial charge in [0.2, 0.25) is 5.91 Å². The Hall–Kier alpha value is -0.330. The topological polar surface area (TPSA) is 55.1 Å². The molecular weight excluding hydrogens is 326 g/mol. The second-order valence-corrected chi connectivity index (χ2v) is 4.30. The van der Waals surface area contributed by atoms with Gasteiger partial charge in [-0.15, -0.1) is 12.4 Å². The predicted octanol–water partition coefficient (Wildman–Crippen LogP) is 1.33. The summed E-state index contributed by atoms with van der Waals surface area (Å²) in [6.45, 7) is 0. The highest BCUT2D eigenvalue weighted by Gasteiger charge is 2.11. The lowest BCUT2D eigenvalue weighted by molar-refractivity contribution is -0.121. The van der Waals surface area contributed by atoms with E-state index < -0.39 is 6.04 Å². The average Bonchev–Trinajstić information content (AvgIpc) is 2.20. The third kappa shape index (κ3) is 4.81. The Kier molecular flexibility index (Phi) is 6.87. The average molecular weight is 341 g/mol. The molecule has 0 unspecified atom stereocenters. The van der Waals surface area contributed by atoms with Crippen molar-refractivity contribution >= 4 is 40.9 Å². The van der Waals surface area contributed by atoms with Crippen molar-refractivity contribution in [2.45, 2.75) is 12.5 Å². The SMILES string of the molecule is CNC(=O)[C@@H](N)Cc1ccc(I)cc1.Cl. The molecule has 0 saturated carbocycles. The highest BCUT2D eigenvalue weighted by molar-refractivity contribution is 14.1. The summed E-state index contributed by atoms with van der Waals surface area (Å²) in [6, 6.07) is 7.54. The van der Waals surface area contributed by atoms with Crippen LogP contribution >= 0.6 is 35.0 Å². The Morgan fingerprint density at radius 1 is 1.47 bits per heavy atom. The zero-order valence-electron chi connectivity index (χ0n) is 8.37. The van der Waals surface area contributed by atoms with Crippen LogP contribution in [0.1, 0.15) is 5.56 Å². The maximum atomic E-state index is 11.1. The molecule has 1 aromatic carbocycles. The van der Waals surface area contributed by atoms with Crippen molar-refractivity contribution in [2.24, 2.45) is 5.73 Å². The van der Waals surface area contributed by atoms with Gasteiger partial charge in [0.05, 0.1) is 6.04 Å². The highest BCUT2D eigenvalue weighted by Crippen LogP contribution is 2.08. The lowest BCUT2D eigenvalue weighted by Crippen LogP contribution is -2.40. The van der Waals surface area contributed by atoms with Crippen LogP contribution in [0.5, 0.6) is 0 Å². The van der Waals surface area contributed by atoms with Crippen LogP contribution in [0, 0.1) is 3.57 Å². The lowest BCUT2D eigenvalue weighted by atomic mass is 10.1. The van der Waals surface area contributed by atoms with Crippen LogP contribution < -0.4 is 11.1 Å². The number of rotatable bonds is 3. The molecule has 3 nitrogen and oxygen atoms in total. The number of carbonyl (C=O) groups excluding carboxylic acids is 1. The lowest BCUT2D eigenvalue weighted by Gasteiger charge is -2.09. The van der Waals surface area contributed by atoms with Crippen molar-refractivity contribution in [1.82, 2.24) is 5.32 Å². The van der Waals surface area contributed by atoms with Gasteiger partial charge in [-0.1, -0.05) is 12.1 Å². The first-order chi connectivity index (χ1) is 6.63. The standard InChI is InChI=1S/C10H13IN2O.ClH/c1-13-10(14)9(12)6-7-2-4-8(11)5-3-7;/h2-5,9H,6,12H2,1H3,(H,13,14);1H/t9-;/m0./s1. The second kappa shape index (κ2) is 7.03. The van der Waals surface area contributed by atoms with E-state index in [9.17, 15) is 4.79 Å². The van der Waals surface area contributed by atoms with Gasteiger partial charge in [-0.3, -0.25) is 4.79 Å². The number of hydrogen-bond acceptors (Lipinski definition) is 2. The molecule has 5 heteroatoms. The van der Waals surface area contributed by atoms with E-state index in [1.165, 1.54) is 3.57 Å². The molecule has 0 aliphatic carbocycles. The molecule has 0 radical (unpaired) electrons. The van der Waals surface area contributed by atoms with Gasteiger partial charge < -0.3 is 11.1 Å². The van der Waals surface area contributed by atoms with Crippen LogP contribution in [0.3, 0.4) is 0 Å². The monoisotopic (exact) mass is 340 g/mol. The van der Waals surface area contributed by atoms with E-state index in [2.05, 4.69) is 27.9 Å². The van der Waals surface area contributed by atoms with E-state index in [0.29, 0.717) is 6.42 Å². The van der Waals surface area contributed by atoms with E-state index in [4.69, 9.17) is 5.73 Å². The van der Waals surface area contributed by atoms with Crippen LogP contribution in [-0.4, -0.2) is 19.0 Å². The van der Waals surface area contributed by atoms with Gasteiger partial charge in [0, 0.05) is 10.6 Å². The van der Waals surface area contributed by atoms with Crippen LogP contribution in [-0.2, 0) is 11.2 Å². The van der Waals surface area contributed by atoms with Crippen molar-refractivity contribution < 1.29 is 4.79 Å². The molecule has 84 valence electrons. The van der Waals surface area contributed by atoms with Crippen molar-refractivity contribution in [3.63, 3.8) is 0 Å². The molecule has 0 aromatic heterocycles. The number of nitrogens with one attached hydrogen (secondary N) is 1. The van der Waals surface area contributed by atoms with Gasteiger partial charge in [0.25, 0.3) is 0 Å². The number of hydrogen-bond donors (Lipinski definition) is 2. The Bertz CT molecular complexity index is 316. The zero-order chi connectivity index (χ0) is 10.6. The highest BCUT2D eigenvalue weighted by atomic mass is 127. The summed E-state index contributed by atoms with van der Waals surface area (Å²) in [6.07, 6.45) is 0.580. The predicted molar refractivity (Wildman–Crippen MR) is 72.2 cm³/mol. The molecule has 0 saturated heterocycles. The van der Waals surface area contributed by atoms with E-state index in [1.54, 1.807) is 7.05 Å². The molecule has 1 rings (SSSR count). The van der Waals surface area contributed by atoms with Crippen LogP contribution in [0.4, 0.5) is 0 Å². The summed E-state index contributed by atoms with van der Waals surface area (Å²) in [4.78, 5) is 11.1. The van der Waals surface area contributed by atoms with Crippen molar-refractivity contribution in [3.05, 3.63) is 33.4 Å². The fraction of sp³-hybridized carbons (Fsp3) is 0.300. The fourth-order valence-corrected chi connectivity index (χ4v) is 1.51. The molecule has 0 aliphatic heterocycles. The molecule has 15 heavy (non-hydrogen) atoms. The van der Waals surface area contributed by atoms with Crippen LogP contribution in [0.25, 0.3) is 0 Å². The number of likely N-dealkylation sites (N-methyl/N-ethyl adjacent to an activating group) is 1. The van der Waals surface area contributed by atoms with E-state index >= 15 is 0 Å². The second-order valence-electron chi connectivity index (χ2n) is 3.05. The summed E-state index contributed by atoms with van der Waals surface area (Å²) in [5.74, 6) is -0.122. The minimum absolute atomic E-state index is 0. The van der Waals surface area contributed by atoms with Crippen molar-refractivity contribution in [1.29, 1.82) is 0 Å². The summed E-state index contributed by atoms with van der Waals surface area (Å²) in [7, 11) is 1.59. The summed E-state index contributed by atoms with van der Waals surface area (Å²) in [5, 5.41) is 2.53. The number of amides is 1. The first-order valence-electron chi connectivity index (χ1n) is 4.35. The third-order valence-electron chi connectivity index (χ3n) is 1.95. The van der Waals surface area contributed by atoms with Crippen LogP contribution in [0.15, 0.2) is 24.3 Å². The Morgan fingerprint density at radius 3 is 2.47 bits per heavy atom. The normalized spacial score (nSPS) is 11.4. The summed E-state index contributed by atoms with van der Waals surface area (Å²) < 4.78 is 1.18. The largest absolute Gasteiger partial charge is 0.358 e. The zero-order valence-corrected chi connectivity index (χ0v) is 11.3. The van der Waals surface area contributed by atoms with E-state index in [-0.39, 0.29) is 18.3 Å². The van der Waals surface area contributed by atoms with Gasteiger partial charge >= 0.3 is 0 Å². The number of nitrogens with two attached hydrogens (primary N) is 1. The van der Waals surface area contributed by atoms with E-state index in [0.717, 1.165) is 5.56 Å². The van der Waals surface area contributed by atoms with Gasteiger partial charge in [0.15, 0.2) is 0 Å². The summed E-state index contributed by atoms with van der Waals surface area (Å²) in [5.41, 5.74) is 6.77. The fourth-order valence-electron chi connectivity index (χ4n) is 1.15. The molecule has 1 amide bonds. The molecule has 0 heterocycles. The maximum absolute atomic E-state index is 11.1. The molecule has 0 fully saturated rings. The van der Waals surface area contributed by atoms with Gasteiger partial charge in [-0.05, 0) is 46.7 Å².